The van der Waals surface area contributed by atoms with E-state index in [1.807, 2.05) is 23.3 Å². The normalized spacial score (nSPS) is 18.5. The van der Waals surface area contributed by atoms with Gasteiger partial charge in [0.2, 0.25) is 0 Å². The number of rotatable bonds is 6. The number of carbonyl (C=O) groups excluding carboxylic acids is 1. The first kappa shape index (κ1) is 24.2. The van der Waals surface area contributed by atoms with Gasteiger partial charge in [0, 0.05) is 32.7 Å². The number of sulfone groups is 1. The molecule has 0 radical (unpaired) electrons. The summed E-state index contributed by atoms with van der Waals surface area (Å²) in [7, 11) is -3.07. The molecule has 1 aliphatic rings. The van der Waals surface area contributed by atoms with Crippen molar-refractivity contribution in [1.82, 2.24) is 15.5 Å². The van der Waals surface area contributed by atoms with E-state index in [-0.39, 0.29) is 35.6 Å². The maximum atomic E-state index is 12.2. The van der Waals surface area contributed by atoms with E-state index in [2.05, 4.69) is 15.6 Å². The minimum atomic E-state index is -3.07. The summed E-state index contributed by atoms with van der Waals surface area (Å²) in [4.78, 5) is 19.2. The lowest BCUT2D eigenvalue weighted by atomic mass is 10.2. The minimum Gasteiger partial charge on any atom is -0.357 e. The van der Waals surface area contributed by atoms with Crippen LogP contribution < -0.4 is 10.6 Å². The van der Waals surface area contributed by atoms with Crippen molar-refractivity contribution in [2.75, 3.05) is 38.5 Å². The maximum Gasteiger partial charge on any atom is 0.261 e. The topological polar surface area (TPSA) is 90.9 Å². The molecule has 1 fully saturated rings. The van der Waals surface area contributed by atoms with Gasteiger partial charge in [0.15, 0.2) is 15.8 Å². The first-order valence-electron chi connectivity index (χ1n) is 8.84. The lowest BCUT2D eigenvalue weighted by Gasteiger charge is -2.39. The third-order valence-electron chi connectivity index (χ3n) is 4.30. The van der Waals surface area contributed by atoms with Crippen molar-refractivity contribution in [2.24, 2.45) is 4.99 Å². The molecule has 7 nitrogen and oxygen atoms in total. The van der Waals surface area contributed by atoms with E-state index in [1.165, 1.54) is 11.3 Å². The van der Waals surface area contributed by atoms with Gasteiger partial charge in [-0.05, 0) is 38.6 Å². The van der Waals surface area contributed by atoms with Crippen molar-refractivity contribution >= 4 is 57.0 Å². The zero-order valence-corrected chi connectivity index (χ0v) is 20.0. The number of amides is 1. The predicted molar refractivity (Wildman–Crippen MR) is 122 cm³/mol. The molecule has 0 aliphatic carbocycles. The quantitative estimate of drug-likeness (QED) is 0.255. The van der Waals surface area contributed by atoms with Gasteiger partial charge in [-0.3, -0.25) is 9.79 Å². The summed E-state index contributed by atoms with van der Waals surface area (Å²) >= 11 is 1.42. The maximum absolute atomic E-state index is 12.2. The Balaban J connectivity index is 0.00000364. The summed E-state index contributed by atoms with van der Waals surface area (Å²) < 4.78 is 23.5. The molecule has 0 atom stereocenters. The SMILES string of the molecule is CCNC(=NCCCNC(=O)c1cccs1)N1CCS(=O)(=O)C(C)(C)C1.I. The van der Waals surface area contributed by atoms with Gasteiger partial charge in [-0.25, -0.2) is 8.42 Å². The number of thiophene rings is 1. The highest BCUT2D eigenvalue weighted by Gasteiger charge is 2.40. The Kier molecular flexibility index (Phi) is 9.49. The van der Waals surface area contributed by atoms with Gasteiger partial charge in [-0.2, -0.15) is 0 Å². The van der Waals surface area contributed by atoms with Crippen molar-refractivity contribution in [3.8, 4) is 0 Å². The third-order valence-corrected chi connectivity index (χ3v) is 7.71. The minimum absolute atomic E-state index is 0. The fourth-order valence-electron chi connectivity index (χ4n) is 2.71. The molecule has 1 saturated heterocycles. The van der Waals surface area contributed by atoms with Gasteiger partial charge in [0.25, 0.3) is 5.91 Å². The second kappa shape index (κ2) is 10.6. The number of guanidine groups is 1. The van der Waals surface area contributed by atoms with E-state index < -0.39 is 14.6 Å². The van der Waals surface area contributed by atoms with Crippen LogP contribution in [0.3, 0.4) is 0 Å². The molecule has 0 spiro atoms. The largest absolute Gasteiger partial charge is 0.357 e. The molecule has 1 aromatic rings. The molecule has 0 saturated carbocycles. The molecule has 27 heavy (non-hydrogen) atoms. The van der Waals surface area contributed by atoms with E-state index in [4.69, 9.17) is 0 Å². The molecule has 1 aliphatic heterocycles. The summed E-state index contributed by atoms with van der Waals surface area (Å²) in [5.41, 5.74) is 0. The summed E-state index contributed by atoms with van der Waals surface area (Å²) in [5, 5.41) is 8.00. The second-order valence-electron chi connectivity index (χ2n) is 6.82. The van der Waals surface area contributed by atoms with Crippen molar-refractivity contribution in [3.63, 3.8) is 0 Å². The smallest absolute Gasteiger partial charge is 0.261 e. The fraction of sp³-hybridized carbons (Fsp3) is 0.647. The van der Waals surface area contributed by atoms with Crippen LogP contribution in [0, 0.1) is 0 Å². The number of hydrogen-bond acceptors (Lipinski definition) is 5. The number of aliphatic imine (C=N–C) groups is 1. The van der Waals surface area contributed by atoms with Crippen molar-refractivity contribution in [2.45, 2.75) is 31.9 Å². The molecule has 0 bridgehead atoms. The average Bonchev–Trinajstić information content (AvgIpc) is 3.10. The Morgan fingerprint density at radius 1 is 1.37 bits per heavy atom. The standard InChI is InChI=1S/C17H28N4O3S2.HI/c1-4-18-16(21-10-12-26(23,24)17(2,3)13-21)20-9-6-8-19-15(22)14-7-5-11-25-14;/h5,7,11H,4,6,8-10,12-13H2,1-3H3,(H,18,20)(H,19,22);1H. The molecule has 10 heteroatoms. The first-order chi connectivity index (χ1) is 12.3. The molecule has 1 amide bonds. The highest BCUT2D eigenvalue weighted by molar-refractivity contribution is 14.0. The average molecular weight is 528 g/mol. The Morgan fingerprint density at radius 3 is 2.70 bits per heavy atom. The first-order valence-corrected chi connectivity index (χ1v) is 11.4. The number of nitrogens with one attached hydrogen (secondary N) is 2. The van der Waals surface area contributed by atoms with Crippen LogP contribution in [-0.4, -0.2) is 68.4 Å². The summed E-state index contributed by atoms with van der Waals surface area (Å²) in [5.74, 6) is 0.820. The highest BCUT2D eigenvalue weighted by Crippen LogP contribution is 2.23. The molecular weight excluding hydrogens is 499 g/mol. The molecule has 2 rings (SSSR count). The van der Waals surface area contributed by atoms with Crippen LogP contribution in [0.1, 0.15) is 36.9 Å². The van der Waals surface area contributed by atoms with Gasteiger partial charge < -0.3 is 15.5 Å². The van der Waals surface area contributed by atoms with Gasteiger partial charge >= 0.3 is 0 Å². The Morgan fingerprint density at radius 2 is 2.11 bits per heavy atom. The zero-order valence-electron chi connectivity index (χ0n) is 16.0. The van der Waals surface area contributed by atoms with E-state index in [9.17, 15) is 13.2 Å². The van der Waals surface area contributed by atoms with Crippen LogP contribution >= 0.6 is 35.3 Å². The lowest BCUT2D eigenvalue weighted by Crippen LogP contribution is -2.57. The van der Waals surface area contributed by atoms with Gasteiger partial charge in [0.05, 0.1) is 15.4 Å². The van der Waals surface area contributed by atoms with Crippen LogP contribution in [0.4, 0.5) is 0 Å². The van der Waals surface area contributed by atoms with Crippen LogP contribution in [0.25, 0.3) is 0 Å². The molecular formula is C17H29IN4O3S2. The summed E-state index contributed by atoms with van der Waals surface area (Å²) in [6.07, 6.45) is 0.724. The monoisotopic (exact) mass is 528 g/mol. The van der Waals surface area contributed by atoms with Gasteiger partial charge in [-0.15, -0.1) is 35.3 Å². The van der Waals surface area contributed by atoms with Crippen LogP contribution in [0.5, 0.6) is 0 Å². The van der Waals surface area contributed by atoms with Gasteiger partial charge in [0.1, 0.15) is 0 Å². The third kappa shape index (κ3) is 6.60. The Bertz CT molecular complexity index is 733. The number of carbonyl (C=O) groups is 1. The predicted octanol–water partition coefficient (Wildman–Crippen LogP) is 1.96. The van der Waals surface area contributed by atoms with Crippen molar-refractivity contribution in [3.05, 3.63) is 22.4 Å². The van der Waals surface area contributed by atoms with E-state index >= 15 is 0 Å². The van der Waals surface area contributed by atoms with Crippen LogP contribution in [-0.2, 0) is 9.84 Å². The summed E-state index contributed by atoms with van der Waals surface area (Å²) in [6.45, 7) is 8.23. The van der Waals surface area contributed by atoms with E-state index in [0.29, 0.717) is 31.1 Å². The number of hydrogen-bond donors (Lipinski definition) is 2. The van der Waals surface area contributed by atoms with E-state index in [1.54, 1.807) is 19.9 Å². The molecule has 1 aromatic heterocycles. The zero-order chi connectivity index (χ0) is 19.2. The molecule has 0 aromatic carbocycles. The second-order valence-corrected chi connectivity index (χ2v) is 10.5. The number of halogens is 1. The van der Waals surface area contributed by atoms with Crippen molar-refractivity contribution in [1.29, 1.82) is 0 Å². The van der Waals surface area contributed by atoms with Crippen molar-refractivity contribution < 1.29 is 13.2 Å². The number of nitrogens with zero attached hydrogens (tertiary/aromatic N) is 2. The Hall–Kier alpha value is -0.880. The molecule has 2 heterocycles. The van der Waals surface area contributed by atoms with E-state index in [0.717, 1.165) is 18.9 Å². The Labute approximate surface area is 182 Å². The molecule has 154 valence electrons. The molecule has 0 unspecified atom stereocenters. The van der Waals surface area contributed by atoms with Crippen LogP contribution in [0.2, 0.25) is 0 Å². The fourth-order valence-corrected chi connectivity index (χ4v) is 4.72. The summed E-state index contributed by atoms with van der Waals surface area (Å²) in [6, 6.07) is 3.65. The molecule has 2 N–H and O–H groups in total. The van der Waals surface area contributed by atoms with Crippen LogP contribution in [0.15, 0.2) is 22.5 Å². The lowest BCUT2D eigenvalue weighted by molar-refractivity contribution is 0.0957. The highest BCUT2D eigenvalue weighted by atomic mass is 127. The van der Waals surface area contributed by atoms with Gasteiger partial charge in [-0.1, -0.05) is 6.07 Å².